The van der Waals surface area contributed by atoms with Gasteiger partial charge in [-0.1, -0.05) is 30.3 Å². The quantitative estimate of drug-likeness (QED) is 0.578. The molecule has 0 saturated heterocycles. The summed E-state index contributed by atoms with van der Waals surface area (Å²) >= 11 is 0. The summed E-state index contributed by atoms with van der Waals surface area (Å²) in [6.07, 6.45) is 0.571. The topological polar surface area (TPSA) is 68.2 Å². The third kappa shape index (κ3) is 1.98. The molecule has 0 radical (unpaired) electrons. The smallest absolute Gasteiger partial charge is 0.269 e. The number of aromatic amines is 1. The number of para-hydroxylation sites is 1. The van der Waals surface area contributed by atoms with Crippen molar-refractivity contribution in [2.45, 2.75) is 12.5 Å². The molecule has 0 saturated carbocycles. The van der Waals surface area contributed by atoms with Crippen LogP contribution in [-0.2, 0) is 11.2 Å². The molecule has 5 heteroatoms. The number of ether oxygens (including phenoxy) is 1. The predicted molar refractivity (Wildman–Crippen MR) is 82.9 cm³/mol. The van der Waals surface area contributed by atoms with E-state index >= 15 is 0 Å². The van der Waals surface area contributed by atoms with Gasteiger partial charge >= 0.3 is 0 Å². The highest BCUT2D eigenvalue weighted by atomic mass is 16.6. The maximum Gasteiger partial charge on any atom is 0.269 e. The van der Waals surface area contributed by atoms with E-state index < -0.39 is 0 Å². The highest BCUT2D eigenvalue weighted by molar-refractivity contribution is 5.85. The van der Waals surface area contributed by atoms with Gasteiger partial charge < -0.3 is 9.72 Å². The number of hydrogen-bond donors (Lipinski definition) is 1. The molecule has 2 aromatic carbocycles. The number of nitro groups is 1. The van der Waals surface area contributed by atoms with E-state index in [0.717, 1.165) is 23.2 Å². The first-order chi connectivity index (χ1) is 10.7. The highest BCUT2D eigenvalue weighted by Gasteiger charge is 2.27. The van der Waals surface area contributed by atoms with Crippen LogP contribution in [0.1, 0.15) is 22.9 Å². The molecule has 0 bridgehead atoms. The van der Waals surface area contributed by atoms with Crippen molar-refractivity contribution in [1.29, 1.82) is 0 Å². The molecule has 1 unspecified atom stereocenters. The number of nitrogens with one attached hydrogen (secondary N) is 1. The Labute approximate surface area is 126 Å². The first-order valence-corrected chi connectivity index (χ1v) is 7.19. The molecule has 1 aliphatic heterocycles. The van der Waals surface area contributed by atoms with Crippen LogP contribution in [0.25, 0.3) is 10.9 Å². The maximum atomic E-state index is 11.0. The van der Waals surface area contributed by atoms with Gasteiger partial charge in [0.1, 0.15) is 6.10 Å². The fraction of sp³-hybridized carbons (Fsp3) is 0.176. The minimum Gasteiger partial charge on any atom is -0.367 e. The fourth-order valence-corrected chi connectivity index (χ4v) is 3.14. The van der Waals surface area contributed by atoms with Crippen LogP contribution in [0.4, 0.5) is 5.69 Å². The predicted octanol–water partition coefficient (Wildman–Crippen LogP) is 3.74. The standard InChI is InChI=1S/C17H14N2O3/c20-19(21)12-5-3-4-11(10-12)17-16-14(8-9-22-17)13-6-1-2-7-15(13)18-16/h1-7,10,17-18H,8-9H2. The van der Waals surface area contributed by atoms with Crippen LogP contribution in [0, 0.1) is 10.1 Å². The average Bonchev–Trinajstić information content (AvgIpc) is 2.93. The zero-order chi connectivity index (χ0) is 15.1. The van der Waals surface area contributed by atoms with E-state index in [2.05, 4.69) is 11.1 Å². The van der Waals surface area contributed by atoms with Crippen LogP contribution in [0.15, 0.2) is 48.5 Å². The lowest BCUT2D eigenvalue weighted by Crippen LogP contribution is -2.17. The summed E-state index contributed by atoms with van der Waals surface area (Å²) in [4.78, 5) is 14.0. The number of aromatic nitrogens is 1. The minimum atomic E-state index is -0.377. The van der Waals surface area contributed by atoms with Gasteiger partial charge in [-0.15, -0.1) is 0 Å². The molecule has 1 atom stereocenters. The first-order valence-electron chi connectivity index (χ1n) is 7.19. The lowest BCUT2D eigenvalue weighted by molar-refractivity contribution is -0.385. The number of benzene rings is 2. The van der Waals surface area contributed by atoms with Crippen LogP contribution in [0.5, 0.6) is 0 Å². The molecule has 2 heterocycles. The van der Waals surface area contributed by atoms with E-state index in [1.165, 1.54) is 17.0 Å². The van der Waals surface area contributed by atoms with E-state index in [1.54, 1.807) is 12.1 Å². The Bertz CT molecular complexity index is 869. The van der Waals surface area contributed by atoms with E-state index in [9.17, 15) is 10.1 Å². The van der Waals surface area contributed by atoms with E-state index in [-0.39, 0.29) is 16.7 Å². The second-order valence-electron chi connectivity index (χ2n) is 5.42. The Hall–Kier alpha value is -2.66. The van der Waals surface area contributed by atoms with Gasteiger partial charge in [0.15, 0.2) is 0 Å². The fourth-order valence-electron chi connectivity index (χ4n) is 3.14. The zero-order valence-electron chi connectivity index (χ0n) is 11.8. The second-order valence-corrected chi connectivity index (χ2v) is 5.42. The highest BCUT2D eigenvalue weighted by Crippen LogP contribution is 2.37. The van der Waals surface area contributed by atoms with Crippen molar-refractivity contribution in [3.05, 3.63) is 75.5 Å². The van der Waals surface area contributed by atoms with E-state index in [1.807, 2.05) is 24.3 Å². The van der Waals surface area contributed by atoms with Crippen LogP contribution in [-0.4, -0.2) is 16.5 Å². The Balaban J connectivity index is 1.85. The van der Waals surface area contributed by atoms with Crippen LogP contribution in [0.3, 0.4) is 0 Å². The maximum absolute atomic E-state index is 11.0. The van der Waals surface area contributed by atoms with Crippen LogP contribution >= 0.6 is 0 Å². The van der Waals surface area contributed by atoms with Gasteiger partial charge in [0.05, 0.1) is 17.2 Å². The largest absolute Gasteiger partial charge is 0.367 e. The van der Waals surface area contributed by atoms with Gasteiger partial charge in [0.2, 0.25) is 0 Å². The van der Waals surface area contributed by atoms with Gasteiger partial charge in [0.25, 0.3) is 5.69 Å². The summed E-state index contributed by atoms with van der Waals surface area (Å²) in [5.74, 6) is 0. The molecule has 1 N–H and O–H groups in total. The lowest BCUT2D eigenvalue weighted by Gasteiger charge is -2.23. The molecule has 22 heavy (non-hydrogen) atoms. The molecule has 5 nitrogen and oxygen atoms in total. The molecule has 0 aliphatic carbocycles. The summed E-state index contributed by atoms with van der Waals surface area (Å²) in [6.45, 7) is 0.613. The van der Waals surface area contributed by atoms with Crippen molar-refractivity contribution in [3.8, 4) is 0 Å². The first kappa shape index (κ1) is 13.0. The third-order valence-corrected chi connectivity index (χ3v) is 4.13. The molecule has 0 spiro atoms. The molecule has 1 aliphatic rings. The summed E-state index contributed by atoms with van der Waals surface area (Å²) in [5.41, 5.74) is 4.23. The monoisotopic (exact) mass is 294 g/mol. The number of non-ortho nitro benzene ring substituents is 1. The zero-order valence-corrected chi connectivity index (χ0v) is 11.8. The van der Waals surface area contributed by atoms with Crippen molar-refractivity contribution in [3.63, 3.8) is 0 Å². The summed E-state index contributed by atoms with van der Waals surface area (Å²) in [7, 11) is 0. The number of fused-ring (bicyclic) bond motifs is 3. The molecule has 0 fully saturated rings. The van der Waals surface area contributed by atoms with Gasteiger partial charge in [0, 0.05) is 23.0 Å². The van der Waals surface area contributed by atoms with Crippen molar-refractivity contribution >= 4 is 16.6 Å². The molecular weight excluding hydrogens is 280 g/mol. The van der Waals surface area contributed by atoms with Crippen LogP contribution in [0.2, 0.25) is 0 Å². The molecule has 4 rings (SSSR count). The van der Waals surface area contributed by atoms with Gasteiger partial charge in [-0.05, 0) is 23.6 Å². The van der Waals surface area contributed by atoms with Gasteiger partial charge in [-0.3, -0.25) is 10.1 Å². The average molecular weight is 294 g/mol. The molecule has 3 aromatic rings. The number of nitrogens with zero attached hydrogens (tertiary/aromatic N) is 1. The minimum absolute atomic E-state index is 0.0873. The van der Waals surface area contributed by atoms with Crippen LogP contribution < -0.4 is 0 Å². The van der Waals surface area contributed by atoms with Gasteiger partial charge in [-0.2, -0.15) is 0 Å². The molecule has 0 amide bonds. The Morgan fingerprint density at radius 2 is 2.05 bits per heavy atom. The van der Waals surface area contributed by atoms with Gasteiger partial charge in [-0.25, -0.2) is 0 Å². The molecular formula is C17H14N2O3. The summed E-state index contributed by atoms with van der Waals surface area (Å²) in [6, 6.07) is 14.8. The van der Waals surface area contributed by atoms with Crippen molar-refractivity contribution in [1.82, 2.24) is 4.98 Å². The van der Waals surface area contributed by atoms with E-state index in [0.29, 0.717) is 6.61 Å². The SMILES string of the molecule is O=[N+]([O-])c1cccc(C2OCCc3c2[nH]c2ccccc32)c1. The van der Waals surface area contributed by atoms with Crippen molar-refractivity contribution in [2.75, 3.05) is 6.61 Å². The second kappa shape index (κ2) is 4.96. The Morgan fingerprint density at radius 3 is 2.91 bits per heavy atom. The Morgan fingerprint density at radius 1 is 1.18 bits per heavy atom. The van der Waals surface area contributed by atoms with Crippen molar-refractivity contribution < 1.29 is 9.66 Å². The van der Waals surface area contributed by atoms with E-state index in [4.69, 9.17) is 4.74 Å². The molecule has 1 aromatic heterocycles. The number of nitro benzene ring substituents is 1. The normalized spacial score (nSPS) is 17.4. The number of rotatable bonds is 2. The Kier molecular flexibility index (Phi) is 2.94. The number of hydrogen-bond acceptors (Lipinski definition) is 3. The lowest BCUT2D eigenvalue weighted by atomic mass is 9.97. The third-order valence-electron chi connectivity index (χ3n) is 4.13. The molecule has 110 valence electrons. The number of H-pyrrole nitrogens is 1. The summed E-state index contributed by atoms with van der Waals surface area (Å²) in [5, 5.41) is 12.2. The van der Waals surface area contributed by atoms with Crippen molar-refractivity contribution in [2.24, 2.45) is 0 Å². The summed E-state index contributed by atoms with van der Waals surface area (Å²) < 4.78 is 5.90.